The molecule has 1 unspecified atom stereocenters. The molecule has 1 atom stereocenters. The van der Waals surface area contributed by atoms with Gasteiger partial charge in [0.25, 0.3) is 0 Å². The maximum atomic E-state index is 13.7. The predicted molar refractivity (Wildman–Crippen MR) is 71.3 cm³/mol. The predicted octanol–water partition coefficient (Wildman–Crippen LogP) is 5.07. The Morgan fingerprint density at radius 1 is 0.938 bits per heavy atom. The summed E-state index contributed by atoms with van der Waals surface area (Å²) in [7, 11) is 0. The summed E-state index contributed by atoms with van der Waals surface area (Å²) in [5.74, 6) is -0.208. The largest absolute Gasteiger partial charge is 0.207 e. The fraction of sp³-hybridized carbons (Fsp3) is 0.0769. The smallest absolute Gasteiger partial charge is 0.129 e. The van der Waals surface area contributed by atoms with Crippen molar-refractivity contribution in [2.75, 3.05) is 0 Å². The highest BCUT2D eigenvalue weighted by molar-refractivity contribution is 9.11. The van der Waals surface area contributed by atoms with Crippen LogP contribution >= 0.6 is 31.9 Å². The molecule has 0 aliphatic rings. The number of benzene rings is 2. The van der Waals surface area contributed by atoms with E-state index in [9.17, 15) is 4.39 Å². The Balaban J connectivity index is 2.46. The van der Waals surface area contributed by atoms with Crippen molar-refractivity contribution < 1.29 is 4.39 Å². The molecule has 2 rings (SSSR count). The van der Waals surface area contributed by atoms with Crippen LogP contribution in [0.1, 0.15) is 16.0 Å². The number of alkyl halides is 1. The van der Waals surface area contributed by atoms with Crippen molar-refractivity contribution in [3.8, 4) is 0 Å². The molecule has 0 N–H and O–H groups in total. The van der Waals surface area contributed by atoms with Gasteiger partial charge in [-0.3, -0.25) is 0 Å². The van der Waals surface area contributed by atoms with Gasteiger partial charge in [-0.2, -0.15) is 0 Å². The molecular formula is C13H9Br2F. The van der Waals surface area contributed by atoms with Gasteiger partial charge < -0.3 is 0 Å². The molecule has 0 radical (unpaired) electrons. The maximum absolute atomic E-state index is 13.7. The molecular weight excluding hydrogens is 335 g/mol. The van der Waals surface area contributed by atoms with E-state index >= 15 is 0 Å². The van der Waals surface area contributed by atoms with Crippen LogP contribution in [0.15, 0.2) is 53.0 Å². The average Bonchev–Trinajstić information content (AvgIpc) is 2.30. The highest BCUT2D eigenvalue weighted by Crippen LogP contribution is 2.36. The summed E-state index contributed by atoms with van der Waals surface area (Å²) in [6.45, 7) is 0. The van der Waals surface area contributed by atoms with E-state index in [-0.39, 0.29) is 10.6 Å². The van der Waals surface area contributed by atoms with E-state index in [1.807, 2.05) is 36.4 Å². The third-order valence-corrected chi connectivity index (χ3v) is 4.02. The van der Waals surface area contributed by atoms with Crippen molar-refractivity contribution in [3.05, 3.63) is 69.9 Å². The molecule has 2 aromatic carbocycles. The zero-order valence-corrected chi connectivity index (χ0v) is 11.5. The van der Waals surface area contributed by atoms with Gasteiger partial charge in [0, 0.05) is 10.0 Å². The third-order valence-electron chi connectivity index (χ3n) is 2.35. The lowest BCUT2D eigenvalue weighted by Gasteiger charge is -2.13. The van der Waals surface area contributed by atoms with Crippen LogP contribution < -0.4 is 0 Å². The molecule has 3 heteroatoms. The minimum absolute atomic E-state index is 0.135. The Morgan fingerprint density at radius 2 is 1.62 bits per heavy atom. The topological polar surface area (TPSA) is 0 Å². The molecule has 0 amide bonds. The second-order valence-corrected chi connectivity index (χ2v) is 5.18. The Kier molecular flexibility index (Phi) is 3.77. The number of rotatable bonds is 2. The molecule has 16 heavy (non-hydrogen) atoms. The molecule has 2 aromatic rings. The van der Waals surface area contributed by atoms with Gasteiger partial charge in [0.2, 0.25) is 0 Å². The van der Waals surface area contributed by atoms with Crippen molar-refractivity contribution in [3.63, 3.8) is 0 Å². The van der Waals surface area contributed by atoms with Crippen molar-refractivity contribution in [2.45, 2.75) is 4.83 Å². The zero-order chi connectivity index (χ0) is 11.5. The minimum Gasteiger partial charge on any atom is -0.207 e. The van der Waals surface area contributed by atoms with Crippen LogP contribution in [0.2, 0.25) is 0 Å². The van der Waals surface area contributed by atoms with Gasteiger partial charge in [0.05, 0.1) is 4.83 Å². The van der Waals surface area contributed by atoms with Gasteiger partial charge in [0.15, 0.2) is 0 Å². The highest BCUT2D eigenvalue weighted by atomic mass is 79.9. The molecule has 0 heterocycles. The second-order valence-electron chi connectivity index (χ2n) is 3.41. The molecule has 0 saturated carbocycles. The molecule has 0 aliphatic carbocycles. The fourth-order valence-corrected chi connectivity index (χ4v) is 3.19. The molecule has 0 nitrogen and oxygen atoms in total. The number of hydrogen-bond acceptors (Lipinski definition) is 0. The molecule has 0 spiro atoms. The summed E-state index contributed by atoms with van der Waals surface area (Å²) >= 11 is 6.90. The van der Waals surface area contributed by atoms with E-state index in [2.05, 4.69) is 31.9 Å². The van der Waals surface area contributed by atoms with Gasteiger partial charge in [-0.1, -0.05) is 68.3 Å². The third kappa shape index (κ3) is 2.36. The van der Waals surface area contributed by atoms with E-state index in [0.29, 0.717) is 5.56 Å². The first-order chi connectivity index (χ1) is 7.70. The van der Waals surface area contributed by atoms with Crippen molar-refractivity contribution >= 4 is 31.9 Å². The molecule has 0 bridgehead atoms. The van der Waals surface area contributed by atoms with Crippen LogP contribution in [0.5, 0.6) is 0 Å². The summed E-state index contributed by atoms with van der Waals surface area (Å²) in [6, 6.07) is 14.8. The SMILES string of the molecule is Fc1cccc(Br)c1C(Br)c1ccccc1. The standard InChI is InChI=1S/C13H9Br2F/c14-10-7-4-8-11(16)12(10)13(15)9-5-2-1-3-6-9/h1-8,13H. The monoisotopic (exact) mass is 342 g/mol. The lowest BCUT2D eigenvalue weighted by atomic mass is 10.0. The molecule has 0 aromatic heterocycles. The first-order valence-corrected chi connectivity index (χ1v) is 6.54. The number of halogens is 3. The van der Waals surface area contributed by atoms with E-state index in [1.54, 1.807) is 6.07 Å². The Hall–Kier alpha value is -0.670. The van der Waals surface area contributed by atoms with E-state index in [0.717, 1.165) is 10.0 Å². The molecule has 0 aliphatic heterocycles. The average molecular weight is 344 g/mol. The Bertz CT molecular complexity index is 462. The van der Waals surface area contributed by atoms with Crippen LogP contribution in [-0.2, 0) is 0 Å². The zero-order valence-electron chi connectivity index (χ0n) is 8.33. The van der Waals surface area contributed by atoms with Crippen molar-refractivity contribution in [1.29, 1.82) is 0 Å². The summed E-state index contributed by atoms with van der Waals surface area (Å²) in [5, 5.41) is 0. The van der Waals surface area contributed by atoms with Crippen LogP contribution in [-0.4, -0.2) is 0 Å². The normalized spacial score (nSPS) is 12.4. The summed E-state index contributed by atoms with van der Waals surface area (Å²) in [5.41, 5.74) is 1.67. The second kappa shape index (κ2) is 5.11. The maximum Gasteiger partial charge on any atom is 0.129 e. The van der Waals surface area contributed by atoms with Crippen LogP contribution in [0.25, 0.3) is 0 Å². The van der Waals surface area contributed by atoms with Crippen molar-refractivity contribution in [2.24, 2.45) is 0 Å². The molecule has 82 valence electrons. The van der Waals surface area contributed by atoms with Gasteiger partial charge in [-0.05, 0) is 17.7 Å². The van der Waals surface area contributed by atoms with Gasteiger partial charge in [0.1, 0.15) is 5.82 Å². The van der Waals surface area contributed by atoms with E-state index in [4.69, 9.17) is 0 Å². The molecule has 0 saturated heterocycles. The summed E-state index contributed by atoms with van der Waals surface area (Å²) < 4.78 is 14.5. The lowest BCUT2D eigenvalue weighted by molar-refractivity contribution is 0.612. The van der Waals surface area contributed by atoms with Gasteiger partial charge in [-0.15, -0.1) is 0 Å². The Labute approximate surface area is 111 Å². The van der Waals surface area contributed by atoms with Crippen molar-refractivity contribution in [1.82, 2.24) is 0 Å². The fourth-order valence-electron chi connectivity index (χ4n) is 1.54. The first kappa shape index (κ1) is 11.8. The first-order valence-electron chi connectivity index (χ1n) is 4.83. The van der Waals surface area contributed by atoms with Gasteiger partial charge >= 0.3 is 0 Å². The van der Waals surface area contributed by atoms with Crippen LogP contribution in [0.4, 0.5) is 4.39 Å². The van der Waals surface area contributed by atoms with E-state index < -0.39 is 0 Å². The summed E-state index contributed by atoms with van der Waals surface area (Å²) in [4.78, 5) is -0.135. The number of hydrogen-bond donors (Lipinski definition) is 0. The van der Waals surface area contributed by atoms with Crippen LogP contribution in [0.3, 0.4) is 0 Å². The quantitative estimate of drug-likeness (QED) is 0.667. The summed E-state index contributed by atoms with van der Waals surface area (Å²) in [6.07, 6.45) is 0. The minimum atomic E-state index is -0.208. The van der Waals surface area contributed by atoms with Crippen LogP contribution in [0, 0.1) is 5.82 Å². The Morgan fingerprint density at radius 3 is 2.25 bits per heavy atom. The van der Waals surface area contributed by atoms with E-state index in [1.165, 1.54) is 6.07 Å². The highest BCUT2D eigenvalue weighted by Gasteiger charge is 2.17. The lowest BCUT2D eigenvalue weighted by Crippen LogP contribution is -1.97. The van der Waals surface area contributed by atoms with Gasteiger partial charge in [-0.25, -0.2) is 4.39 Å². The molecule has 0 fully saturated rings.